The van der Waals surface area contributed by atoms with E-state index in [1.165, 1.54) is 11.0 Å². The Balaban J connectivity index is 1.96. The quantitative estimate of drug-likeness (QED) is 0.811. The lowest BCUT2D eigenvalue weighted by Crippen LogP contribution is -2.38. The second kappa shape index (κ2) is 4.29. The summed E-state index contributed by atoms with van der Waals surface area (Å²) in [4.78, 5) is 36.1. The van der Waals surface area contributed by atoms with Crippen LogP contribution in [0.1, 0.15) is 15.9 Å². The molecule has 1 saturated heterocycles. The molecule has 0 aliphatic carbocycles. The summed E-state index contributed by atoms with van der Waals surface area (Å²) < 4.78 is 18.3. The molecule has 1 unspecified atom stereocenters. The molecule has 1 N–H and O–H groups in total. The largest absolute Gasteiger partial charge is 0.442 e. The van der Waals surface area contributed by atoms with Crippen LogP contribution in [0.15, 0.2) is 12.1 Å². The lowest BCUT2D eigenvalue weighted by molar-refractivity contribution is -0.114. The van der Waals surface area contributed by atoms with Gasteiger partial charge < -0.3 is 15.0 Å². The fraction of sp³-hybridized carbons (Fsp3) is 0.308. The molecule has 6 nitrogen and oxygen atoms in total. The van der Waals surface area contributed by atoms with Crippen molar-refractivity contribution >= 4 is 23.5 Å². The Morgan fingerprint density at radius 2 is 2.15 bits per heavy atom. The molecular formula is C13H11FN2O4. The van der Waals surface area contributed by atoms with Crippen LogP contribution in [0.2, 0.25) is 0 Å². The van der Waals surface area contributed by atoms with Crippen LogP contribution in [0.3, 0.4) is 0 Å². The predicted molar refractivity (Wildman–Crippen MR) is 66.1 cm³/mol. The molecule has 0 bridgehead atoms. The van der Waals surface area contributed by atoms with Gasteiger partial charge in [-0.05, 0) is 24.6 Å². The van der Waals surface area contributed by atoms with Crippen molar-refractivity contribution in [2.24, 2.45) is 0 Å². The number of hydrogen-bond acceptors (Lipinski definition) is 4. The number of hydrogen-bond donors (Lipinski definition) is 1. The van der Waals surface area contributed by atoms with Gasteiger partial charge in [0, 0.05) is 0 Å². The predicted octanol–water partition coefficient (Wildman–Crippen LogP) is 0.772. The molecule has 3 rings (SSSR count). The summed E-state index contributed by atoms with van der Waals surface area (Å²) in [6.07, 6.45) is -1.07. The number of rotatable bonds is 2. The van der Waals surface area contributed by atoms with E-state index in [1.54, 1.807) is 6.92 Å². The molecule has 0 aromatic heterocycles. The minimum absolute atomic E-state index is 0.0600. The molecular weight excluding hydrogens is 267 g/mol. The van der Waals surface area contributed by atoms with Crippen LogP contribution < -0.4 is 10.2 Å². The fourth-order valence-corrected chi connectivity index (χ4v) is 2.52. The fourth-order valence-electron chi connectivity index (χ4n) is 2.52. The first-order chi connectivity index (χ1) is 9.47. The van der Waals surface area contributed by atoms with E-state index in [0.717, 1.165) is 6.07 Å². The number of ketones is 1. The summed E-state index contributed by atoms with van der Waals surface area (Å²) in [5.74, 6) is -2.02. The van der Waals surface area contributed by atoms with Gasteiger partial charge in [0.1, 0.15) is 11.9 Å². The third-order valence-electron chi connectivity index (χ3n) is 3.35. The van der Waals surface area contributed by atoms with E-state index in [4.69, 9.17) is 4.74 Å². The van der Waals surface area contributed by atoms with Crippen molar-refractivity contribution in [2.75, 3.05) is 18.0 Å². The first-order valence-electron chi connectivity index (χ1n) is 6.08. The third-order valence-corrected chi connectivity index (χ3v) is 3.35. The molecule has 0 radical (unpaired) electrons. The number of halogens is 1. The van der Waals surface area contributed by atoms with Gasteiger partial charge in [-0.2, -0.15) is 0 Å². The van der Waals surface area contributed by atoms with Crippen LogP contribution in [-0.2, 0) is 9.53 Å². The van der Waals surface area contributed by atoms with Gasteiger partial charge in [-0.15, -0.1) is 0 Å². The van der Waals surface area contributed by atoms with E-state index in [9.17, 15) is 18.8 Å². The summed E-state index contributed by atoms with van der Waals surface area (Å²) in [7, 11) is 0. The molecule has 2 heterocycles. The summed E-state index contributed by atoms with van der Waals surface area (Å²) in [5.41, 5.74) is 0.950. The smallest absolute Gasteiger partial charge is 0.407 e. The number of ether oxygens (including phenoxy) is 1. The van der Waals surface area contributed by atoms with Crippen molar-refractivity contribution in [1.29, 1.82) is 0 Å². The molecule has 1 atom stereocenters. The average Bonchev–Trinajstić information content (AvgIpc) is 2.88. The van der Waals surface area contributed by atoms with Gasteiger partial charge in [0.25, 0.3) is 11.7 Å². The average molecular weight is 278 g/mol. The topological polar surface area (TPSA) is 75.7 Å². The Morgan fingerprint density at radius 1 is 1.40 bits per heavy atom. The van der Waals surface area contributed by atoms with Gasteiger partial charge in [-0.25, -0.2) is 9.18 Å². The molecule has 1 aromatic rings. The lowest BCUT2D eigenvalue weighted by atomic mass is 10.1. The third kappa shape index (κ3) is 1.82. The zero-order valence-electron chi connectivity index (χ0n) is 10.6. The van der Waals surface area contributed by atoms with Gasteiger partial charge in [0.15, 0.2) is 0 Å². The zero-order chi connectivity index (χ0) is 14.4. The standard InChI is InChI=1S/C13H11FN2O4/c1-6-2-7(14)3-9-10(6)16(12(18)11(9)17)5-8-4-15-13(19)20-8/h2-3,8H,4-5H2,1H3,(H,15,19). The molecule has 0 spiro atoms. The SMILES string of the molecule is Cc1cc(F)cc2c1N(CC1CNC(=O)O1)C(=O)C2=O. The van der Waals surface area contributed by atoms with Gasteiger partial charge in [-0.1, -0.05) is 0 Å². The number of alkyl carbamates (subject to hydrolysis) is 1. The highest BCUT2D eigenvalue weighted by Crippen LogP contribution is 2.33. The Morgan fingerprint density at radius 3 is 2.80 bits per heavy atom. The molecule has 0 saturated carbocycles. The van der Waals surface area contributed by atoms with Gasteiger partial charge in [-0.3, -0.25) is 9.59 Å². The second-order valence-electron chi connectivity index (χ2n) is 4.77. The van der Waals surface area contributed by atoms with Crippen LogP contribution in [0.4, 0.5) is 14.9 Å². The van der Waals surface area contributed by atoms with E-state index in [2.05, 4.69) is 5.32 Å². The van der Waals surface area contributed by atoms with Crippen LogP contribution in [0, 0.1) is 12.7 Å². The Labute approximate surface area is 113 Å². The minimum atomic E-state index is -0.736. The Hall–Kier alpha value is -2.44. The molecule has 1 aromatic carbocycles. The maximum absolute atomic E-state index is 13.3. The van der Waals surface area contributed by atoms with Crippen molar-refractivity contribution in [1.82, 2.24) is 5.32 Å². The number of Topliss-reactive ketones (excluding diaryl/α,β-unsaturated/α-hetero) is 1. The van der Waals surface area contributed by atoms with Crippen molar-refractivity contribution in [3.8, 4) is 0 Å². The normalized spacial score (nSPS) is 21.0. The van der Waals surface area contributed by atoms with E-state index in [-0.39, 0.29) is 18.7 Å². The first kappa shape index (κ1) is 12.6. The van der Waals surface area contributed by atoms with Gasteiger partial charge >= 0.3 is 6.09 Å². The van der Waals surface area contributed by atoms with Crippen LogP contribution in [-0.4, -0.2) is 37.0 Å². The number of amides is 2. The maximum Gasteiger partial charge on any atom is 0.407 e. The Bertz CT molecular complexity index is 644. The van der Waals surface area contributed by atoms with Crippen molar-refractivity contribution in [2.45, 2.75) is 13.0 Å². The monoisotopic (exact) mass is 278 g/mol. The summed E-state index contributed by atoms with van der Waals surface area (Å²) in [5, 5.41) is 2.47. The summed E-state index contributed by atoms with van der Waals surface area (Å²) in [6, 6.07) is 2.32. The van der Waals surface area contributed by atoms with E-state index < -0.39 is 29.7 Å². The number of carbonyl (C=O) groups is 3. The molecule has 20 heavy (non-hydrogen) atoms. The highest BCUT2D eigenvalue weighted by molar-refractivity contribution is 6.52. The van der Waals surface area contributed by atoms with Crippen LogP contribution in [0.25, 0.3) is 0 Å². The van der Waals surface area contributed by atoms with E-state index in [0.29, 0.717) is 11.3 Å². The highest BCUT2D eigenvalue weighted by Gasteiger charge is 2.39. The highest BCUT2D eigenvalue weighted by atomic mass is 19.1. The van der Waals surface area contributed by atoms with Gasteiger partial charge in [0.2, 0.25) is 0 Å². The molecule has 2 aliphatic rings. The maximum atomic E-state index is 13.3. The number of nitrogens with one attached hydrogen (secondary N) is 1. The molecule has 7 heteroatoms. The van der Waals surface area contributed by atoms with Crippen molar-refractivity contribution in [3.63, 3.8) is 0 Å². The molecule has 104 valence electrons. The van der Waals surface area contributed by atoms with Gasteiger partial charge in [0.05, 0.1) is 24.3 Å². The number of anilines is 1. The minimum Gasteiger partial charge on any atom is -0.442 e. The first-order valence-corrected chi connectivity index (χ1v) is 6.08. The van der Waals surface area contributed by atoms with E-state index in [1.807, 2.05) is 0 Å². The number of nitrogens with zero attached hydrogens (tertiary/aromatic N) is 1. The molecule has 2 aliphatic heterocycles. The van der Waals surface area contributed by atoms with Crippen LogP contribution in [0.5, 0.6) is 0 Å². The second-order valence-corrected chi connectivity index (χ2v) is 4.77. The zero-order valence-corrected chi connectivity index (χ0v) is 10.6. The van der Waals surface area contributed by atoms with Crippen LogP contribution >= 0.6 is 0 Å². The van der Waals surface area contributed by atoms with Crippen molar-refractivity contribution in [3.05, 3.63) is 29.1 Å². The Kier molecular flexibility index (Phi) is 2.70. The lowest BCUT2D eigenvalue weighted by Gasteiger charge is -2.20. The molecule has 2 amide bonds. The summed E-state index contributed by atoms with van der Waals surface area (Å²) >= 11 is 0. The summed E-state index contributed by atoms with van der Waals surface area (Å²) in [6.45, 7) is 1.97. The molecule has 1 fully saturated rings. The number of benzene rings is 1. The van der Waals surface area contributed by atoms with E-state index >= 15 is 0 Å². The number of carbonyl (C=O) groups excluding carboxylic acids is 3. The number of fused-ring (bicyclic) bond motifs is 1. The number of aryl methyl sites for hydroxylation is 1. The number of cyclic esters (lactones) is 1. The van der Waals surface area contributed by atoms with Crippen molar-refractivity contribution < 1.29 is 23.5 Å².